The van der Waals surface area contributed by atoms with Gasteiger partial charge in [-0.3, -0.25) is 0 Å². The summed E-state index contributed by atoms with van der Waals surface area (Å²) in [4.78, 5) is 1.51. The molecule has 0 amide bonds. The van der Waals surface area contributed by atoms with Crippen LogP contribution >= 0.6 is 0 Å². The summed E-state index contributed by atoms with van der Waals surface area (Å²) in [6.07, 6.45) is -1.02. The molecule has 0 aromatic heterocycles. The minimum absolute atomic E-state index is 0.0778. The molecule has 0 saturated heterocycles. The zero-order chi connectivity index (χ0) is 11.1. The van der Waals surface area contributed by atoms with Gasteiger partial charge in [-0.2, -0.15) is 0 Å². The molecule has 0 fully saturated rings. The Hall–Kier alpha value is -0.940. The molecule has 0 saturated carbocycles. The van der Waals surface area contributed by atoms with Crippen molar-refractivity contribution in [3.8, 4) is 0 Å². The molecule has 1 atom stereocenters. The minimum atomic E-state index is -1.02. The minimum Gasteiger partial charge on any atom is -0.837 e. The zero-order valence-corrected chi connectivity index (χ0v) is 8.54. The van der Waals surface area contributed by atoms with Crippen molar-refractivity contribution in [3.05, 3.63) is 35.9 Å². The van der Waals surface area contributed by atoms with Crippen LogP contribution in [0, 0.1) is 0 Å². The summed E-state index contributed by atoms with van der Waals surface area (Å²) in [5.41, 5.74) is 0.652. The van der Waals surface area contributed by atoms with Gasteiger partial charge in [0.2, 0.25) is 0 Å². The molecule has 0 aliphatic heterocycles. The second-order valence-corrected chi connectivity index (χ2v) is 3.25. The number of hydrogen-bond acceptors (Lipinski definition) is 4. The summed E-state index contributed by atoms with van der Waals surface area (Å²) < 4.78 is 0. The van der Waals surface area contributed by atoms with E-state index in [1.807, 2.05) is 6.07 Å². The highest BCUT2D eigenvalue weighted by Gasteiger charge is 2.08. The van der Waals surface area contributed by atoms with Crippen molar-refractivity contribution >= 4 is 0 Å². The molecular weight excluding hydrogens is 194 g/mol. The first kappa shape index (κ1) is 12.1. The Bertz CT molecular complexity index is 260. The molecule has 0 bridgehead atoms. The average Bonchev–Trinajstić information content (AvgIpc) is 2.29. The van der Waals surface area contributed by atoms with E-state index in [-0.39, 0.29) is 26.3 Å². The van der Waals surface area contributed by atoms with Gasteiger partial charge in [0.25, 0.3) is 0 Å². The molecular formula is C11H16NO3-. The molecule has 0 aliphatic rings. The molecule has 15 heavy (non-hydrogen) atoms. The molecule has 0 radical (unpaired) electrons. The van der Waals surface area contributed by atoms with Crippen molar-refractivity contribution in [2.75, 3.05) is 26.3 Å². The zero-order valence-electron chi connectivity index (χ0n) is 8.54. The van der Waals surface area contributed by atoms with E-state index in [2.05, 4.69) is 0 Å². The number of aliphatic hydroxyl groups excluding tert-OH is 2. The molecule has 4 heteroatoms. The molecule has 1 aromatic rings. The van der Waals surface area contributed by atoms with E-state index < -0.39 is 6.23 Å². The second-order valence-electron chi connectivity index (χ2n) is 3.25. The molecule has 4 nitrogen and oxygen atoms in total. The summed E-state index contributed by atoms with van der Waals surface area (Å²) in [5.74, 6) is 0. The van der Waals surface area contributed by atoms with Crippen molar-refractivity contribution < 1.29 is 15.3 Å². The highest BCUT2D eigenvalue weighted by Crippen LogP contribution is 2.13. The largest absolute Gasteiger partial charge is 0.837 e. The Labute approximate surface area is 89.4 Å². The number of rotatable bonds is 6. The van der Waals surface area contributed by atoms with Crippen molar-refractivity contribution in [2.24, 2.45) is 0 Å². The van der Waals surface area contributed by atoms with Crippen molar-refractivity contribution in [2.45, 2.75) is 6.23 Å². The predicted molar refractivity (Wildman–Crippen MR) is 54.9 cm³/mol. The van der Waals surface area contributed by atoms with Gasteiger partial charge in [-0.25, -0.2) is 0 Å². The fourth-order valence-corrected chi connectivity index (χ4v) is 1.43. The molecule has 0 aliphatic carbocycles. The summed E-state index contributed by atoms with van der Waals surface area (Å²) in [6.45, 7) is 0.407. The van der Waals surface area contributed by atoms with E-state index in [9.17, 15) is 5.11 Å². The van der Waals surface area contributed by atoms with Gasteiger partial charge >= 0.3 is 0 Å². The lowest BCUT2D eigenvalue weighted by Gasteiger charge is -2.36. The molecule has 1 aromatic carbocycles. The third-order valence-corrected chi connectivity index (χ3v) is 2.19. The summed E-state index contributed by atoms with van der Waals surface area (Å²) in [7, 11) is 0. The van der Waals surface area contributed by atoms with Gasteiger partial charge in [-0.15, -0.1) is 0 Å². The topological polar surface area (TPSA) is 66.8 Å². The first-order valence-electron chi connectivity index (χ1n) is 4.96. The Morgan fingerprint density at radius 2 is 1.60 bits per heavy atom. The summed E-state index contributed by atoms with van der Waals surface area (Å²) in [5, 5.41) is 29.5. The fraction of sp³-hybridized carbons (Fsp3) is 0.455. The highest BCUT2D eigenvalue weighted by molar-refractivity contribution is 5.16. The monoisotopic (exact) mass is 210 g/mol. The van der Waals surface area contributed by atoms with Gasteiger partial charge in [-0.1, -0.05) is 30.3 Å². The van der Waals surface area contributed by atoms with Crippen LogP contribution < -0.4 is 5.11 Å². The molecule has 1 unspecified atom stereocenters. The van der Waals surface area contributed by atoms with Crippen LogP contribution in [-0.4, -0.2) is 41.4 Å². The number of benzene rings is 1. The Morgan fingerprint density at radius 1 is 1.07 bits per heavy atom. The van der Waals surface area contributed by atoms with Crippen LogP contribution in [0.2, 0.25) is 0 Å². The maximum absolute atomic E-state index is 11.9. The molecule has 0 spiro atoms. The van der Waals surface area contributed by atoms with Crippen LogP contribution in [0.1, 0.15) is 11.8 Å². The van der Waals surface area contributed by atoms with E-state index in [1.165, 1.54) is 4.90 Å². The van der Waals surface area contributed by atoms with Gasteiger partial charge in [0.05, 0.1) is 13.2 Å². The van der Waals surface area contributed by atoms with Crippen molar-refractivity contribution in [1.29, 1.82) is 0 Å². The molecule has 84 valence electrons. The number of nitrogens with zero attached hydrogens (tertiary/aromatic N) is 1. The number of hydrogen-bond donors (Lipinski definition) is 2. The van der Waals surface area contributed by atoms with Crippen LogP contribution in [0.5, 0.6) is 0 Å². The van der Waals surface area contributed by atoms with Gasteiger partial charge in [0, 0.05) is 13.1 Å². The Kier molecular flexibility index (Phi) is 5.28. The van der Waals surface area contributed by atoms with Crippen LogP contribution in [0.4, 0.5) is 0 Å². The van der Waals surface area contributed by atoms with Crippen molar-refractivity contribution in [3.63, 3.8) is 0 Å². The van der Waals surface area contributed by atoms with Gasteiger partial charge in [-0.05, 0) is 11.8 Å². The second kappa shape index (κ2) is 6.53. The van der Waals surface area contributed by atoms with Gasteiger partial charge in [0.15, 0.2) is 0 Å². The third-order valence-electron chi connectivity index (χ3n) is 2.19. The molecule has 1 rings (SSSR count). The average molecular weight is 210 g/mol. The predicted octanol–water partition coefficient (Wildman–Crippen LogP) is -0.668. The van der Waals surface area contributed by atoms with Crippen LogP contribution in [0.15, 0.2) is 30.3 Å². The third kappa shape index (κ3) is 3.60. The number of aliphatic hydroxyl groups is 2. The van der Waals surface area contributed by atoms with E-state index in [1.54, 1.807) is 24.3 Å². The Morgan fingerprint density at radius 3 is 2.07 bits per heavy atom. The van der Waals surface area contributed by atoms with Crippen LogP contribution in [0.3, 0.4) is 0 Å². The SMILES string of the molecule is [O-]C(c1ccccc1)N(CCO)CCO. The molecule has 2 N–H and O–H groups in total. The lowest BCUT2D eigenvalue weighted by Crippen LogP contribution is -2.40. The first-order chi connectivity index (χ1) is 7.29. The quantitative estimate of drug-likeness (QED) is 0.611. The van der Waals surface area contributed by atoms with Crippen LogP contribution in [-0.2, 0) is 0 Å². The highest BCUT2D eigenvalue weighted by atomic mass is 16.3. The summed E-state index contributed by atoms with van der Waals surface area (Å²) >= 11 is 0. The van der Waals surface area contributed by atoms with Gasteiger partial charge in [0.1, 0.15) is 0 Å². The maximum atomic E-state index is 11.9. The van der Waals surface area contributed by atoms with E-state index in [0.29, 0.717) is 5.56 Å². The van der Waals surface area contributed by atoms with Crippen LogP contribution in [0.25, 0.3) is 0 Å². The summed E-state index contributed by atoms with van der Waals surface area (Å²) in [6, 6.07) is 8.95. The van der Waals surface area contributed by atoms with E-state index in [4.69, 9.17) is 10.2 Å². The molecule has 0 heterocycles. The van der Waals surface area contributed by atoms with Crippen molar-refractivity contribution in [1.82, 2.24) is 4.90 Å². The normalized spacial score (nSPS) is 13.1. The lowest BCUT2D eigenvalue weighted by atomic mass is 10.2. The first-order valence-corrected chi connectivity index (χ1v) is 4.96. The smallest absolute Gasteiger partial charge is 0.0558 e. The standard InChI is InChI=1S/C11H16NO3/c13-8-6-12(7-9-14)11(15)10-4-2-1-3-5-10/h1-5,11,13-14H,6-9H2/q-1. The van der Waals surface area contributed by atoms with E-state index >= 15 is 0 Å². The maximum Gasteiger partial charge on any atom is 0.0558 e. The van der Waals surface area contributed by atoms with Gasteiger partial charge < -0.3 is 20.2 Å². The van der Waals surface area contributed by atoms with E-state index in [0.717, 1.165) is 0 Å². The lowest BCUT2D eigenvalue weighted by molar-refractivity contribution is -0.466. The Balaban J connectivity index is 2.67. The fourth-order valence-electron chi connectivity index (χ4n) is 1.43.